The molecule has 1 N–H and O–H groups in total. The summed E-state index contributed by atoms with van der Waals surface area (Å²) in [6.45, 7) is 4.63. The lowest BCUT2D eigenvalue weighted by Crippen LogP contribution is -2.57. The first-order valence-electron chi connectivity index (χ1n) is 6.19. The van der Waals surface area contributed by atoms with Gasteiger partial charge in [-0.15, -0.1) is 0 Å². The fraction of sp³-hybridized carbons (Fsp3) is 1.00. The molecule has 0 saturated carbocycles. The molecule has 0 radical (unpaired) electrons. The maximum absolute atomic E-state index is 12.0. The quantitative estimate of drug-likeness (QED) is 0.780. The van der Waals surface area contributed by atoms with Crippen LogP contribution in [0.2, 0.25) is 0 Å². The summed E-state index contributed by atoms with van der Waals surface area (Å²) in [5, 5.41) is 9.71. The summed E-state index contributed by atoms with van der Waals surface area (Å²) in [6.07, 6.45) is 1.69. The maximum atomic E-state index is 12.0. The van der Waals surface area contributed by atoms with Crippen LogP contribution in [0.15, 0.2) is 0 Å². The van der Waals surface area contributed by atoms with Crippen LogP contribution in [0.1, 0.15) is 33.1 Å². The van der Waals surface area contributed by atoms with Crippen molar-refractivity contribution in [2.45, 2.75) is 50.1 Å². The van der Waals surface area contributed by atoms with E-state index in [0.29, 0.717) is 19.6 Å². The van der Waals surface area contributed by atoms with E-state index in [1.807, 2.05) is 0 Å². The van der Waals surface area contributed by atoms with Crippen LogP contribution in [-0.2, 0) is 14.8 Å². The van der Waals surface area contributed by atoms with Gasteiger partial charge in [0, 0.05) is 19.7 Å². The molecule has 0 aromatic carbocycles. The highest BCUT2D eigenvalue weighted by molar-refractivity contribution is 7.89. The van der Waals surface area contributed by atoms with Crippen molar-refractivity contribution < 1.29 is 18.3 Å². The lowest BCUT2D eigenvalue weighted by molar-refractivity contribution is -0.117. The molecule has 0 aliphatic carbocycles. The van der Waals surface area contributed by atoms with E-state index in [1.54, 1.807) is 13.8 Å². The molecule has 0 aromatic rings. The first kappa shape index (κ1) is 13.3. The first-order valence-corrected chi connectivity index (χ1v) is 7.70. The van der Waals surface area contributed by atoms with Crippen molar-refractivity contribution in [3.8, 4) is 0 Å². The Labute approximate surface area is 103 Å². The van der Waals surface area contributed by atoms with E-state index in [0.717, 1.165) is 12.8 Å². The third-order valence-corrected chi connectivity index (χ3v) is 6.10. The summed E-state index contributed by atoms with van der Waals surface area (Å²) in [6, 6.07) is 0. The molecular weight excluding hydrogens is 242 g/mol. The number of nitrogens with zero attached hydrogens (tertiary/aromatic N) is 1. The summed E-state index contributed by atoms with van der Waals surface area (Å²) in [5.41, 5.74) is -0.483. The van der Waals surface area contributed by atoms with Gasteiger partial charge in [-0.25, -0.2) is 8.42 Å². The second-order valence-electron chi connectivity index (χ2n) is 5.23. The molecule has 2 fully saturated rings. The van der Waals surface area contributed by atoms with Gasteiger partial charge in [-0.05, 0) is 33.1 Å². The molecule has 2 aliphatic heterocycles. The highest BCUT2D eigenvalue weighted by atomic mass is 32.2. The minimum Gasteiger partial charge on any atom is -0.389 e. The van der Waals surface area contributed by atoms with Crippen LogP contribution in [0, 0.1) is 0 Å². The number of β-amino-alcohol motifs (C(OH)–C–C–N with tert-alkyl or cyclic N) is 1. The number of aliphatic hydroxyl groups excluding tert-OH is 1. The van der Waals surface area contributed by atoms with Crippen molar-refractivity contribution in [2.24, 2.45) is 0 Å². The molecule has 0 unspecified atom stereocenters. The Balaban J connectivity index is 2.10. The third kappa shape index (κ3) is 2.23. The standard InChI is InChI=1S/C11H21NO4S/c1-9(2)17(14,15)12-6-5-11(10(13)8-12)4-3-7-16-11/h9-10,13H,3-8H2,1-2H3/t10-,11-/m0/s1. The van der Waals surface area contributed by atoms with Crippen molar-refractivity contribution >= 4 is 10.0 Å². The molecule has 2 heterocycles. The van der Waals surface area contributed by atoms with E-state index in [2.05, 4.69) is 0 Å². The van der Waals surface area contributed by atoms with E-state index in [4.69, 9.17) is 4.74 Å². The van der Waals surface area contributed by atoms with Gasteiger partial charge < -0.3 is 9.84 Å². The van der Waals surface area contributed by atoms with Crippen molar-refractivity contribution in [1.82, 2.24) is 4.31 Å². The van der Waals surface area contributed by atoms with Crippen molar-refractivity contribution in [3.63, 3.8) is 0 Å². The number of hydrogen-bond acceptors (Lipinski definition) is 4. The Kier molecular flexibility index (Phi) is 3.51. The molecule has 2 rings (SSSR count). The van der Waals surface area contributed by atoms with Gasteiger partial charge in [-0.1, -0.05) is 0 Å². The Morgan fingerprint density at radius 3 is 2.59 bits per heavy atom. The van der Waals surface area contributed by atoms with E-state index >= 15 is 0 Å². The average Bonchev–Trinajstić information content (AvgIpc) is 2.71. The normalized spacial score (nSPS) is 35.9. The van der Waals surface area contributed by atoms with E-state index < -0.39 is 27.0 Å². The van der Waals surface area contributed by atoms with Crippen molar-refractivity contribution in [2.75, 3.05) is 19.7 Å². The minimum absolute atomic E-state index is 0.167. The van der Waals surface area contributed by atoms with Crippen LogP contribution in [0.5, 0.6) is 0 Å². The number of ether oxygens (including phenoxy) is 1. The molecule has 2 atom stereocenters. The number of piperidine rings is 1. The highest BCUT2D eigenvalue weighted by Gasteiger charge is 2.47. The number of rotatable bonds is 2. The van der Waals surface area contributed by atoms with E-state index in [1.165, 1.54) is 4.31 Å². The zero-order valence-corrected chi connectivity index (χ0v) is 11.2. The van der Waals surface area contributed by atoms with Gasteiger partial charge in [0.05, 0.1) is 17.0 Å². The summed E-state index contributed by atoms with van der Waals surface area (Å²) < 4.78 is 31.1. The molecule has 6 heteroatoms. The van der Waals surface area contributed by atoms with Crippen LogP contribution in [0.3, 0.4) is 0 Å². The number of aliphatic hydroxyl groups is 1. The molecule has 2 aliphatic rings. The van der Waals surface area contributed by atoms with Gasteiger partial charge in [0.25, 0.3) is 0 Å². The minimum atomic E-state index is -3.26. The zero-order valence-electron chi connectivity index (χ0n) is 10.4. The van der Waals surface area contributed by atoms with Gasteiger partial charge in [0.15, 0.2) is 0 Å². The monoisotopic (exact) mass is 263 g/mol. The lowest BCUT2D eigenvalue weighted by Gasteiger charge is -2.42. The van der Waals surface area contributed by atoms with Crippen LogP contribution < -0.4 is 0 Å². The summed E-state index contributed by atoms with van der Waals surface area (Å²) in [4.78, 5) is 0. The molecule has 2 saturated heterocycles. The number of sulfonamides is 1. The molecule has 0 amide bonds. The SMILES string of the molecule is CC(C)S(=O)(=O)N1CC[C@@]2(CCCO2)[C@@H](O)C1. The van der Waals surface area contributed by atoms with E-state index in [-0.39, 0.29) is 6.54 Å². The smallest absolute Gasteiger partial charge is 0.216 e. The second-order valence-corrected chi connectivity index (χ2v) is 7.72. The first-order chi connectivity index (χ1) is 7.88. The van der Waals surface area contributed by atoms with Gasteiger partial charge in [0.2, 0.25) is 10.0 Å². The Hall–Kier alpha value is -0.170. The molecule has 100 valence electrons. The zero-order chi connectivity index (χ0) is 12.7. The predicted octanol–water partition coefficient (Wildman–Crippen LogP) is 0.340. The van der Waals surface area contributed by atoms with Crippen LogP contribution in [0.25, 0.3) is 0 Å². The Morgan fingerprint density at radius 2 is 2.12 bits per heavy atom. The van der Waals surface area contributed by atoms with Gasteiger partial charge >= 0.3 is 0 Å². The number of hydrogen-bond donors (Lipinski definition) is 1. The predicted molar refractivity (Wildman–Crippen MR) is 64.2 cm³/mol. The second kappa shape index (κ2) is 4.50. The summed E-state index contributed by atoms with van der Waals surface area (Å²) in [7, 11) is -3.26. The molecule has 1 spiro atoms. The van der Waals surface area contributed by atoms with Crippen molar-refractivity contribution in [3.05, 3.63) is 0 Å². The average molecular weight is 263 g/mol. The van der Waals surface area contributed by atoms with Crippen LogP contribution >= 0.6 is 0 Å². The summed E-state index contributed by atoms with van der Waals surface area (Å²) >= 11 is 0. The maximum Gasteiger partial charge on any atom is 0.216 e. The fourth-order valence-electron chi connectivity index (χ4n) is 2.64. The van der Waals surface area contributed by atoms with E-state index in [9.17, 15) is 13.5 Å². The van der Waals surface area contributed by atoms with Crippen LogP contribution in [0.4, 0.5) is 0 Å². The lowest BCUT2D eigenvalue weighted by atomic mass is 9.87. The molecule has 5 nitrogen and oxygen atoms in total. The Bertz CT molecular complexity index is 373. The van der Waals surface area contributed by atoms with Gasteiger partial charge in [-0.2, -0.15) is 4.31 Å². The van der Waals surface area contributed by atoms with Crippen molar-refractivity contribution in [1.29, 1.82) is 0 Å². The topological polar surface area (TPSA) is 66.8 Å². The molecule has 0 bridgehead atoms. The van der Waals surface area contributed by atoms with Gasteiger partial charge in [-0.3, -0.25) is 0 Å². The van der Waals surface area contributed by atoms with Crippen LogP contribution in [-0.4, -0.2) is 54.5 Å². The highest BCUT2D eigenvalue weighted by Crippen LogP contribution is 2.36. The Morgan fingerprint density at radius 1 is 1.41 bits per heavy atom. The van der Waals surface area contributed by atoms with Gasteiger partial charge in [0.1, 0.15) is 0 Å². The third-order valence-electron chi connectivity index (χ3n) is 3.86. The summed E-state index contributed by atoms with van der Waals surface area (Å²) in [5.74, 6) is 0. The largest absolute Gasteiger partial charge is 0.389 e. The molecule has 17 heavy (non-hydrogen) atoms. The molecule has 0 aromatic heterocycles. The fourth-order valence-corrected chi connectivity index (χ4v) is 3.93. The molecular formula is C11H21NO4S.